The lowest BCUT2D eigenvalue weighted by atomic mass is 9.72. The predicted octanol–water partition coefficient (Wildman–Crippen LogP) is 17.9. The second-order valence-corrected chi connectivity index (χ2v) is 29.9. The van der Waals surface area contributed by atoms with E-state index in [0.29, 0.717) is 34.4 Å². The van der Waals surface area contributed by atoms with Gasteiger partial charge in [0, 0.05) is 84.0 Å². The first-order valence-electron chi connectivity index (χ1n) is 32.1. The molecule has 0 amide bonds. The zero-order valence-corrected chi connectivity index (χ0v) is 53.7. The van der Waals surface area contributed by atoms with Crippen molar-refractivity contribution < 1.29 is 37.9 Å². The minimum Gasteiger partial charge on any atom is -0.449 e. The quantitative estimate of drug-likeness (QED) is 0.159. The molecule has 90 heavy (non-hydrogen) atoms. The van der Waals surface area contributed by atoms with Crippen molar-refractivity contribution in [3.63, 3.8) is 0 Å². The first-order valence-corrected chi connectivity index (χ1v) is 32.1. The van der Waals surface area contributed by atoms with Crippen LogP contribution in [0.15, 0.2) is 109 Å². The van der Waals surface area contributed by atoms with E-state index < -0.39 is 0 Å². The molecule has 0 aromatic heterocycles. The normalized spacial score (nSPS) is 20.3. The van der Waals surface area contributed by atoms with Gasteiger partial charge in [-0.3, -0.25) is 9.80 Å². The van der Waals surface area contributed by atoms with Crippen LogP contribution in [0.3, 0.4) is 0 Å². The van der Waals surface area contributed by atoms with E-state index in [1.165, 1.54) is 67.0 Å². The molecule has 0 unspecified atom stereocenters. The van der Waals surface area contributed by atoms with Gasteiger partial charge in [0.15, 0.2) is 92.0 Å². The Balaban J connectivity index is 0.000000144. The highest BCUT2D eigenvalue weighted by Crippen LogP contribution is 2.69. The summed E-state index contributed by atoms with van der Waals surface area (Å²) in [6, 6.07) is 37.6. The van der Waals surface area contributed by atoms with Gasteiger partial charge >= 0.3 is 0 Å². The highest BCUT2D eigenvalue weighted by molar-refractivity contribution is 5.74. The molecule has 0 radical (unpaired) electrons. The predicted molar refractivity (Wildman–Crippen MR) is 352 cm³/mol. The summed E-state index contributed by atoms with van der Waals surface area (Å²) in [5.41, 5.74) is 28.2. The molecule has 2 spiro atoms. The Kier molecular flexibility index (Phi) is 11.4. The molecule has 0 saturated heterocycles. The Morgan fingerprint density at radius 1 is 0.322 bits per heavy atom. The van der Waals surface area contributed by atoms with E-state index in [4.69, 9.17) is 49.4 Å². The van der Waals surface area contributed by atoms with Crippen LogP contribution in [0.2, 0.25) is 0 Å². The molecule has 6 aliphatic heterocycles. The highest BCUT2D eigenvalue weighted by atomic mass is 16.6. The van der Waals surface area contributed by atoms with E-state index in [1.54, 1.807) is 0 Å². The molecule has 0 fully saturated rings. The lowest BCUT2D eigenvalue weighted by Gasteiger charge is -2.37. The highest BCUT2D eigenvalue weighted by Gasteiger charge is 2.59. The summed E-state index contributed by atoms with van der Waals surface area (Å²) >= 11 is 0. The lowest BCUT2D eigenvalue weighted by Crippen LogP contribution is -2.40. The van der Waals surface area contributed by atoms with Crippen LogP contribution in [0.1, 0.15) is 151 Å². The van der Waals surface area contributed by atoms with Crippen molar-refractivity contribution in [1.29, 1.82) is 0 Å². The number of nitrogen functional groups attached to an aromatic ring is 2. The maximum absolute atomic E-state index is 6.77. The molecule has 8 aromatic carbocycles. The Hall–Kier alpha value is -8.72. The average molecular weight is 1200 g/mol. The van der Waals surface area contributed by atoms with E-state index in [1.807, 2.05) is 36.4 Å². The molecule has 8 aromatic rings. The van der Waals surface area contributed by atoms with Crippen molar-refractivity contribution in [2.45, 2.75) is 141 Å². The maximum atomic E-state index is 6.77. The third kappa shape index (κ3) is 8.07. The number of fused-ring (bicyclic) bond motifs is 18. The van der Waals surface area contributed by atoms with Crippen molar-refractivity contribution in [3.05, 3.63) is 165 Å². The van der Waals surface area contributed by atoms with Crippen LogP contribution in [-0.2, 0) is 45.6 Å². The number of anilines is 4. The molecule has 6 heterocycles. The topological polar surface area (TPSA) is 139 Å². The molecule has 4 aliphatic carbocycles. The molecule has 10 aliphatic rings. The average Bonchev–Trinajstić information content (AvgIpc) is 1.53. The fourth-order valence-electron chi connectivity index (χ4n) is 17.9. The smallest absolute Gasteiger partial charge is 0.172 e. The number of hydrogen-bond acceptors (Lipinski definition) is 14. The van der Waals surface area contributed by atoms with Gasteiger partial charge in [-0.15, -0.1) is 0 Å². The largest absolute Gasteiger partial charge is 0.449 e. The van der Waals surface area contributed by atoms with Gasteiger partial charge in [0.1, 0.15) is 0 Å². The molecule has 18 rings (SSSR count). The number of rotatable bonds is 2. The minimum atomic E-state index is -0.199. The molecule has 460 valence electrons. The van der Waals surface area contributed by atoms with Crippen LogP contribution in [0, 0.1) is 0 Å². The zero-order valence-electron chi connectivity index (χ0n) is 53.7. The minimum absolute atomic E-state index is 0.0682. The summed E-state index contributed by atoms with van der Waals surface area (Å²) in [5.74, 6) is 11.9. The van der Waals surface area contributed by atoms with Crippen LogP contribution in [0.4, 0.5) is 22.7 Å². The monoisotopic (exact) mass is 1200 g/mol. The van der Waals surface area contributed by atoms with E-state index >= 15 is 0 Å². The SMILES string of the molecule is CC1(C)CC2(CC(C)(C)c3cc4c(cc32)Oc2ccc(N)cc2O4)c2cc3c(cc21)Oc1cc(N)ccc1O3.CCN1CN(C)Cc2cc3c(cc21)Oc1cc2c(cc1O3)C1(CC2(C)C)CC(C)(C)c2cc3c(cc21)Oc1cc2c(cc1O3)N(CC)CN(C)C2. The van der Waals surface area contributed by atoms with Crippen LogP contribution in [0.5, 0.6) is 92.0 Å². The summed E-state index contributed by atoms with van der Waals surface area (Å²) in [5, 5.41) is 0. The summed E-state index contributed by atoms with van der Waals surface area (Å²) in [7, 11) is 4.34. The van der Waals surface area contributed by atoms with Crippen molar-refractivity contribution >= 4 is 22.7 Å². The summed E-state index contributed by atoms with van der Waals surface area (Å²) in [6.07, 6.45) is 3.94. The van der Waals surface area contributed by atoms with Crippen molar-refractivity contribution in [1.82, 2.24) is 9.80 Å². The van der Waals surface area contributed by atoms with Gasteiger partial charge < -0.3 is 59.2 Å². The van der Waals surface area contributed by atoms with Gasteiger partial charge in [-0.05, 0) is 216 Å². The lowest BCUT2D eigenvalue weighted by molar-refractivity contribution is 0.307. The maximum Gasteiger partial charge on any atom is 0.172 e. The van der Waals surface area contributed by atoms with Gasteiger partial charge in [0.05, 0.1) is 13.3 Å². The van der Waals surface area contributed by atoms with Crippen LogP contribution in [0.25, 0.3) is 0 Å². The van der Waals surface area contributed by atoms with E-state index in [-0.39, 0.29) is 32.5 Å². The number of nitrogens with zero attached hydrogens (tertiary/aromatic N) is 4. The second-order valence-electron chi connectivity index (χ2n) is 29.9. The fourth-order valence-corrected chi connectivity index (χ4v) is 17.9. The van der Waals surface area contributed by atoms with Crippen molar-refractivity contribution in [3.8, 4) is 92.0 Å². The molecular weight excluding hydrogens is 1120 g/mol. The van der Waals surface area contributed by atoms with Gasteiger partial charge in [-0.25, -0.2) is 0 Å². The molecule has 14 nitrogen and oxygen atoms in total. The van der Waals surface area contributed by atoms with Gasteiger partial charge in [0.25, 0.3) is 0 Å². The molecule has 4 N–H and O–H groups in total. The number of benzene rings is 8. The molecule has 14 heteroatoms. The Morgan fingerprint density at radius 3 is 0.856 bits per heavy atom. The van der Waals surface area contributed by atoms with Crippen molar-refractivity contribution in [2.75, 3.05) is 61.8 Å². The van der Waals surface area contributed by atoms with E-state index in [2.05, 4.69) is 176 Å². The van der Waals surface area contributed by atoms with E-state index in [0.717, 1.165) is 134 Å². The fraction of sp³-hybridized carbons (Fsp3) is 0.368. The Bertz CT molecular complexity index is 4210. The summed E-state index contributed by atoms with van der Waals surface area (Å²) < 4.78 is 52.3. The molecular formula is C76H78N6O8. The van der Waals surface area contributed by atoms with Gasteiger partial charge in [-0.1, -0.05) is 55.4 Å². The van der Waals surface area contributed by atoms with Crippen LogP contribution >= 0.6 is 0 Å². The van der Waals surface area contributed by atoms with Gasteiger partial charge in [-0.2, -0.15) is 0 Å². The second kappa shape index (κ2) is 18.5. The first-order chi connectivity index (χ1) is 42.9. The number of nitrogens with two attached hydrogens (primary N) is 2. The molecule has 0 atom stereocenters. The summed E-state index contributed by atoms with van der Waals surface area (Å²) in [6.45, 7) is 28.7. The Labute approximate surface area is 527 Å². The van der Waals surface area contributed by atoms with Crippen LogP contribution < -0.4 is 59.2 Å². The Morgan fingerprint density at radius 2 is 0.567 bits per heavy atom. The van der Waals surface area contributed by atoms with Crippen LogP contribution in [-0.4, -0.2) is 50.3 Å². The standard InChI is InChI=1S/C43H48N4O4.C33H30N2O4/c1-9-46-23-44(7)19-25-11-33-39(17-31(25)46)50-35-13-27-29(15-37(35)48-33)43(21-41(27,3)4)22-42(5,6)28-14-36-38(16-30(28)43)49-34-12-26-20-45(8)24-47(10-2)32(26)18-40(34)51-36;1-31(2)15-33(21-13-29-27(11-19(21)31)38-25-9-17(34)5-7-23(25)36-29)16-32(3,4)20-12-28-30(14-22(20)33)37-24-8-6-18(35)10-26(24)39-28/h11-18H,9-10,19-24H2,1-8H3;5-14H,15-16,34-35H2,1-4H3. The van der Waals surface area contributed by atoms with E-state index in [9.17, 15) is 0 Å². The third-order valence-corrected chi connectivity index (χ3v) is 21.4. The number of ether oxygens (including phenoxy) is 8. The molecule has 0 bridgehead atoms. The first kappa shape index (κ1) is 55.4. The van der Waals surface area contributed by atoms with Crippen molar-refractivity contribution in [2.24, 2.45) is 0 Å². The summed E-state index contributed by atoms with van der Waals surface area (Å²) in [4.78, 5) is 9.47. The molecule has 0 saturated carbocycles. The third-order valence-electron chi connectivity index (χ3n) is 21.4. The number of hydrogen-bond donors (Lipinski definition) is 2. The van der Waals surface area contributed by atoms with Gasteiger partial charge in [0.2, 0.25) is 0 Å². The zero-order chi connectivity index (χ0) is 62.1.